The van der Waals surface area contributed by atoms with E-state index in [-0.39, 0.29) is 10.6 Å². The molecule has 0 aliphatic heterocycles. The topological polar surface area (TPSA) is 75.6 Å². The van der Waals surface area contributed by atoms with E-state index in [0.29, 0.717) is 0 Å². The number of aromatic carboxylic acids is 1. The maximum atomic E-state index is 10.7. The van der Waals surface area contributed by atoms with Crippen LogP contribution < -0.4 is 5.32 Å². The summed E-state index contributed by atoms with van der Waals surface area (Å²) in [6.07, 6.45) is -0.680. The number of thiophene rings is 1. The average Bonchev–Trinajstić information content (AvgIpc) is 2.52. The molecule has 0 saturated carbocycles. The van der Waals surface area contributed by atoms with Crippen LogP contribution in [0, 0.1) is 0 Å². The second-order valence-electron chi connectivity index (χ2n) is 2.09. The van der Waals surface area contributed by atoms with Crippen molar-refractivity contribution < 1.29 is 19.4 Å². The van der Waals surface area contributed by atoms with E-state index < -0.39 is 12.1 Å². The van der Waals surface area contributed by atoms with Crippen LogP contribution in [0.5, 0.6) is 0 Å². The number of carbonyl (C=O) groups excluding carboxylic acids is 1. The lowest BCUT2D eigenvalue weighted by Crippen LogP contribution is -2.12. The molecule has 0 saturated heterocycles. The van der Waals surface area contributed by atoms with Gasteiger partial charge in [0.05, 0.1) is 12.8 Å². The number of rotatable bonds is 2. The highest BCUT2D eigenvalue weighted by Gasteiger charge is 2.13. The van der Waals surface area contributed by atoms with E-state index in [1.165, 1.54) is 13.2 Å². The predicted octanol–water partition coefficient (Wildman–Crippen LogP) is 1.62. The summed E-state index contributed by atoms with van der Waals surface area (Å²) < 4.78 is 4.32. The van der Waals surface area contributed by atoms with Crippen LogP contribution in [0.3, 0.4) is 0 Å². The van der Waals surface area contributed by atoms with E-state index in [1.807, 2.05) is 0 Å². The summed E-state index contributed by atoms with van der Waals surface area (Å²) in [7, 11) is 1.21. The van der Waals surface area contributed by atoms with Gasteiger partial charge in [-0.15, -0.1) is 11.3 Å². The van der Waals surface area contributed by atoms with Gasteiger partial charge in [0.1, 0.15) is 4.88 Å². The number of hydrogen-bond donors (Lipinski definition) is 2. The Kier molecular flexibility index (Phi) is 2.86. The molecule has 1 amide bonds. The number of methoxy groups -OCH3 is 1. The highest BCUT2D eigenvalue weighted by Crippen LogP contribution is 2.21. The largest absolute Gasteiger partial charge is 0.477 e. The number of carboxylic acids is 1. The second kappa shape index (κ2) is 3.90. The van der Waals surface area contributed by atoms with Crippen LogP contribution in [0.15, 0.2) is 11.4 Å². The van der Waals surface area contributed by atoms with E-state index >= 15 is 0 Å². The highest BCUT2D eigenvalue weighted by atomic mass is 32.1. The van der Waals surface area contributed by atoms with Crippen LogP contribution in [0.4, 0.5) is 10.5 Å². The van der Waals surface area contributed by atoms with Gasteiger partial charge >= 0.3 is 12.1 Å². The molecule has 0 spiro atoms. The zero-order valence-corrected chi connectivity index (χ0v) is 7.55. The first-order valence-electron chi connectivity index (χ1n) is 3.31. The van der Waals surface area contributed by atoms with Gasteiger partial charge in [-0.2, -0.15) is 0 Å². The summed E-state index contributed by atoms with van der Waals surface area (Å²) in [4.78, 5) is 21.4. The fraction of sp³-hybridized carbons (Fsp3) is 0.143. The number of amides is 1. The monoisotopic (exact) mass is 201 g/mol. The van der Waals surface area contributed by atoms with Gasteiger partial charge in [-0.1, -0.05) is 0 Å². The summed E-state index contributed by atoms with van der Waals surface area (Å²) in [5.74, 6) is -1.07. The van der Waals surface area contributed by atoms with Gasteiger partial charge in [0.25, 0.3) is 0 Å². The molecule has 5 nitrogen and oxygen atoms in total. The van der Waals surface area contributed by atoms with Crippen molar-refractivity contribution in [1.82, 2.24) is 0 Å². The molecule has 0 aliphatic carbocycles. The second-order valence-corrected chi connectivity index (χ2v) is 3.00. The van der Waals surface area contributed by atoms with Crippen LogP contribution in [0.2, 0.25) is 0 Å². The summed E-state index contributed by atoms with van der Waals surface area (Å²) in [5.41, 5.74) is 0.254. The minimum Gasteiger partial charge on any atom is -0.477 e. The standard InChI is InChI=1S/C7H7NO4S/c1-12-7(11)8-4-2-3-13-5(4)6(9)10/h2-3H,1H3,(H,8,11)(H,9,10). The van der Waals surface area contributed by atoms with E-state index in [2.05, 4.69) is 10.1 Å². The fourth-order valence-electron chi connectivity index (χ4n) is 0.734. The van der Waals surface area contributed by atoms with E-state index in [1.54, 1.807) is 5.38 Å². The Labute approximate surface area is 77.9 Å². The molecule has 13 heavy (non-hydrogen) atoms. The minimum atomic E-state index is -1.07. The SMILES string of the molecule is COC(=O)Nc1ccsc1C(=O)O. The van der Waals surface area contributed by atoms with Gasteiger partial charge in [-0.3, -0.25) is 5.32 Å². The molecule has 2 N–H and O–H groups in total. The summed E-state index contributed by atoms with van der Waals surface area (Å²) in [6, 6.07) is 1.50. The summed E-state index contributed by atoms with van der Waals surface area (Å²) in [5, 5.41) is 12.5. The first-order valence-corrected chi connectivity index (χ1v) is 4.19. The molecule has 0 radical (unpaired) electrons. The lowest BCUT2D eigenvalue weighted by atomic mass is 10.4. The molecule has 1 rings (SSSR count). The lowest BCUT2D eigenvalue weighted by molar-refractivity contribution is 0.0703. The zero-order valence-electron chi connectivity index (χ0n) is 6.73. The number of carbonyl (C=O) groups is 2. The van der Waals surface area contributed by atoms with E-state index in [0.717, 1.165) is 11.3 Å². The molecule has 6 heteroatoms. The lowest BCUT2D eigenvalue weighted by Gasteiger charge is -2.01. The number of carboxylic acid groups (broad SMARTS) is 1. The molecular weight excluding hydrogens is 194 g/mol. The number of anilines is 1. The first kappa shape index (κ1) is 9.53. The van der Waals surface area contributed by atoms with Gasteiger partial charge in [-0.05, 0) is 11.4 Å². The molecule has 0 bridgehead atoms. The molecule has 0 aliphatic rings. The minimum absolute atomic E-state index is 0.0883. The molecule has 0 fully saturated rings. The van der Waals surface area contributed by atoms with Gasteiger partial charge < -0.3 is 9.84 Å². The normalized spacial score (nSPS) is 9.31. The molecule has 0 atom stereocenters. The van der Waals surface area contributed by atoms with Crippen LogP contribution >= 0.6 is 11.3 Å². The van der Waals surface area contributed by atoms with Gasteiger partial charge in [0.2, 0.25) is 0 Å². The van der Waals surface area contributed by atoms with Crippen molar-refractivity contribution in [3.63, 3.8) is 0 Å². The summed E-state index contributed by atoms with van der Waals surface area (Å²) >= 11 is 1.04. The van der Waals surface area contributed by atoms with Crippen LogP contribution in [-0.2, 0) is 4.74 Å². The Morgan fingerprint density at radius 2 is 2.31 bits per heavy atom. The molecule has 0 unspecified atom stereocenters. The highest BCUT2D eigenvalue weighted by molar-refractivity contribution is 7.12. The van der Waals surface area contributed by atoms with E-state index in [4.69, 9.17) is 5.11 Å². The Balaban J connectivity index is 2.82. The third kappa shape index (κ3) is 2.19. The van der Waals surface area contributed by atoms with Crippen LogP contribution in [-0.4, -0.2) is 24.3 Å². The molecular formula is C7H7NO4S. The van der Waals surface area contributed by atoms with Crippen molar-refractivity contribution in [3.8, 4) is 0 Å². The average molecular weight is 201 g/mol. The number of ether oxygens (including phenoxy) is 1. The summed E-state index contributed by atoms with van der Waals surface area (Å²) in [6.45, 7) is 0. The molecule has 1 aromatic heterocycles. The Morgan fingerprint density at radius 3 is 2.85 bits per heavy atom. The molecule has 1 heterocycles. The van der Waals surface area contributed by atoms with Crippen molar-refractivity contribution in [2.24, 2.45) is 0 Å². The maximum Gasteiger partial charge on any atom is 0.411 e. The zero-order chi connectivity index (χ0) is 9.84. The quantitative estimate of drug-likeness (QED) is 0.762. The van der Waals surface area contributed by atoms with E-state index in [9.17, 15) is 9.59 Å². The van der Waals surface area contributed by atoms with Crippen molar-refractivity contribution >= 4 is 29.1 Å². The van der Waals surface area contributed by atoms with Gasteiger partial charge in [-0.25, -0.2) is 9.59 Å². The third-order valence-electron chi connectivity index (χ3n) is 1.28. The van der Waals surface area contributed by atoms with Gasteiger partial charge in [0, 0.05) is 0 Å². The fourth-order valence-corrected chi connectivity index (χ4v) is 1.42. The third-order valence-corrected chi connectivity index (χ3v) is 2.18. The van der Waals surface area contributed by atoms with Crippen molar-refractivity contribution in [2.75, 3.05) is 12.4 Å². The van der Waals surface area contributed by atoms with Crippen molar-refractivity contribution in [1.29, 1.82) is 0 Å². The van der Waals surface area contributed by atoms with Gasteiger partial charge in [0.15, 0.2) is 0 Å². The van der Waals surface area contributed by atoms with Crippen molar-refractivity contribution in [3.05, 3.63) is 16.3 Å². The maximum absolute atomic E-state index is 10.7. The predicted molar refractivity (Wildman–Crippen MR) is 47.3 cm³/mol. The molecule has 70 valence electrons. The molecule has 0 aromatic carbocycles. The van der Waals surface area contributed by atoms with Crippen LogP contribution in [0.1, 0.15) is 9.67 Å². The first-order chi connectivity index (χ1) is 6.15. The Morgan fingerprint density at radius 1 is 1.62 bits per heavy atom. The Bertz CT molecular complexity index is 333. The smallest absolute Gasteiger partial charge is 0.411 e. The van der Waals surface area contributed by atoms with Crippen LogP contribution in [0.25, 0.3) is 0 Å². The van der Waals surface area contributed by atoms with Crippen molar-refractivity contribution in [2.45, 2.75) is 0 Å². The molecule has 1 aromatic rings. The number of hydrogen-bond acceptors (Lipinski definition) is 4. The number of nitrogens with one attached hydrogen (secondary N) is 1. The Hall–Kier alpha value is -1.56.